The molecule has 0 fully saturated rings. The second kappa shape index (κ2) is 6.83. The summed E-state index contributed by atoms with van der Waals surface area (Å²) in [5.74, 6) is 0.867. The Morgan fingerprint density at radius 3 is 2.96 bits per heavy atom. The number of carbonyl (C=O) groups is 1. The molecule has 0 radical (unpaired) electrons. The third kappa shape index (κ3) is 3.71. The topological polar surface area (TPSA) is 73.0 Å². The van der Waals surface area contributed by atoms with Crippen molar-refractivity contribution in [3.05, 3.63) is 47.4 Å². The predicted octanol–water partition coefficient (Wildman–Crippen LogP) is 2.60. The number of carbonyl (C=O) groups excluding carboxylic acids is 1. The van der Waals surface area contributed by atoms with Gasteiger partial charge in [0, 0.05) is 38.0 Å². The molecule has 0 aliphatic carbocycles. The van der Waals surface area contributed by atoms with Gasteiger partial charge in [-0.2, -0.15) is 4.98 Å². The summed E-state index contributed by atoms with van der Waals surface area (Å²) in [6.07, 6.45) is 5.08. The maximum atomic E-state index is 11.0. The van der Waals surface area contributed by atoms with Crippen LogP contribution in [0.5, 0.6) is 0 Å². The number of hydrogen-bond acceptors (Lipinski definition) is 4. The number of hydrogen-bond donors (Lipinski definition) is 1. The third-order valence-corrected chi connectivity index (χ3v) is 3.75. The second-order valence-electron chi connectivity index (χ2n) is 5.25. The summed E-state index contributed by atoms with van der Waals surface area (Å²) in [6.45, 7) is 2.68. The first kappa shape index (κ1) is 15.6. The number of nitrogens with zero attached hydrogens (tertiary/aromatic N) is 3. The number of fused-ring (bicyclic) bond motifs is 1. The van der Waals surface area contributed by atoms with Crippen LogP contribution in [0.15, 0.2) is 35.1 Å². The van der Waals surface area contributed by atoms with Crippen molar-refractivity contribution < 1.29 is 9.21 Å². The summed E-state index contributed by atoms with van der Waals surface area (Å²) in [5.41, 5.74) is 1.68. The van der Waals surface area contributed by atoms with Gasteiger partial charge in [0.05, 0.1) is 12.0 Å². The number of furan rings is 1. The molecule has 0 saturated heterocycles. The monoisotopic (exact) mass is 332 g/mol. The molecule has 3 aromatic heterocycles. The molecule has 1 amide bonds. The lowest BCUT2D eigenvalue weighted by Gasteiger charge is -2.07. The van der Waals surface area contributed by atoms with E-state index in [0.29, 0.717) is 13.1 Å². The molecule has 120 valence electrons. The minimum absolute atomic E-state index is 0.0479. The predicted molar refractivity (Wildman–Crippen MR) is 87.3 cm³/mol. The molecule has 0 unspecified atom stereocenters. The second-order valence-corrected chi connectivity index (χ2v) is 5.59. The molecule has 6 nitrogen and oxygen atoms in total. The first-order chi connectivity index (χ1) is 11.1. The van der Waals surface area contributed by atoms with Gasteiger partial charge in [0.1, 0.15) is 11.4 Å². The molecule has 3 aromatic rings. The van der Waals surface area contributed by atoms with Crippen LogP contribution in [0.4, 0.5) is 0 Å². The van der Waals surface area contributed by atoms with Gasteiger partial charge in [0.15, 0.2) is 0 Å². The maximum absolute atomic E-state index is 11.0. The molecular weight excluding hydrogens is 316 g/mol. The molecule has 7 heteroatoms. The van der Waals surface area contributed by atoms with Crippen LogP contribution in [0.3, 0.4) is 0 Å². The van der Waals surface area contributed by atoms with E-state index < -0.39 is 0 Å². The van der Waals surface area contributed by atoms with Crippen molar-refractivity contribution in [2.24, 2.45) is 0 Å². The summed E-state index contributed by atoms with van der Waals surface area (Å²) >= 11 is 6.07. The summed E-state index contributed by atoms with van der Waals surface area (Å²) in [6, 6.07) is 5.80. The Morgan fingerprint density at radius 1 is 1.35 bits per heavy atom. The minimum Gasteiger partial charge on any atom is -0.469 e. The molecule has 3 rings (SSSR count). The normalized spacial score (nSPS) is 11.0. The smallest absolute Gasteiger partial charge is 0.224 e. The SMILES string of the molecule is CC(=O)NCCn1ccc2c(CCc3ccco3)nc(Cl)nc21. The zero-order valence-electron chi connectivity index (χ0n) is 12.8. The van der Waals surface area contributed by atoms with Crippen LogP contribution >= 0.6 is 11.6 Å². The lowest BCUT2D eigenvalue weighted by atomic mass is 10.1. The number of aromatic nitrogens is 3. The zero-order chi connectivity index (χ0) is 16.2. The molecule has 0 atom stereocenters. The first-order valence-electron chi connectivity index (χ1n) is 7.41. The standard InChI is InChI=1S/C16H17ClN4O2/c1-11(22)18-7-9-21-8-6-13-14(19-16(17)20-15(13)21)5-4-12-3-2-10-23-12/h2-3,6,8,10H,4-5,7,9H2,1H3,(H,18,22). The van der Waals surface area contributed by atoms with Crippen LogP contribution in [0.2, 0.25) is 5.28 Å². The Labute approximate surface area is 138 Å². The van der Waals surface area contributed by atoms with Crippen molar-refractivity contribution in [3.63, 3.8) is 0 Å². The molecule has 23 heavy (non-hydrogen) atoms. The number of rotatable bonds is 6. The highest BCUT2D eigenvalue weighted by molar-refractivity contribution is 6.28. The van der Waals surface area contributed by atoms with Crippen molar-refractivity contribution in [1.82, 2.24) is 19.9 Å². The number of nitrogens with one attached hydrogen (secondary N) is 1. The molecule has 3 heterocycles. The number of amides is 1. The van der Waals surface area contributed by atoms with Crippen LogP contribution in [-0.4, -0.2) is 27.0 Å². The largest absolute Gasteiger partial charge is 0.469 e. The Bertz CT molecular complexity index is 811. The first-order valence-corrected chi connectivity index (χ1v) is 7.79. The molecule has 0 aliphatic heterocycles. The summed E-state index contributed by atoms with van der Waals surface area (Å²) in [7, 11) is 0. The Kier molecular flexibility index (Phi) is 4.62. The van der Waals surface area contributed by atoms with E-state index in [0.717, 1.165) is 35.3 Å². The molecule has 1 N–H and O–H groups in total. The quantitative estimate of drug-likeness (QED) is 0.704. The number of halogens is 1. The Balaban J connectivity index is 1.81. The van der Waals surface area contributed by atoms with Crippen molar-refractivity contribution in [3.8, 4) is 0 Å². The zero-order valence-corrected chi connectivity index (χ0v) is 13.5. The van der Waals surface area contributed by atoms with E-state index in [4.69, 9.17) is 16.0 Å². The van der Waals surface area contributed by atoms with Crippen molar-refractivity contribution in [1.29, 1.82) is 0 Å². The highest BCUT2D eigenvalue weighted by Gasteiger charge is 2.11. The third-order valence-electron chi connectivity index (χ3n) is 3.59. The summed E-state index contributed by atoms with van der Waals surface area (Å²) < 4.78 is 7.32. The summed E-state index contributed by atoms with van der Waals surface area (Å²) in [5, 5.41) is 3.98. The molecule has 0 aromatic carbocycles. The van der Waals surface area contributed by atoms with Gasteiger partial charge in [-0.1, -0.05) is 0 Å². The molecule has 0 aliphatic rings. The van der Waals surface area contributed by atoms with E-state index >= 15 is 0 Å². The Morgan fingerprint density at radius 2 is 2.22 bits per heavy atom. The van der Waals surface area contributed by atoms with Crippen LogP contribution in [-0.2, 0) is 24.2 Å². The van der Waals surface area contributed by atoms with Gasteiger partial charge in [0.25, 0.3) is 0 Å². The van der Waals surface area contributed by atoms with Gasteiger partial charge in [-0.3, -0.25) is 4.79 Å². The van der Waals surface area contributed by atoms with Crippen LogP contribution in [0.1, 0.15) is 18.4 Å². The van der Waals surface area contributed by atoms with Gasteiger partial charge in [-0.15, -0.1) is 0 Å². The molecule has 0 saturated carbocycles. The van der Waals surface area contributed by atoms with Crippen LogP contribution in [0.25, 0.3) is 11.0 Å². The minimum atomic E-state index is -0.0479. The van der Waals surface area contributed by atoms with E-state index in [1.165, 1.54) is 6.92 Å². The van der Waals surface area contributed by atoms with E-state index in [2.05, 4.69) is 15.3 Å². The van der Waals surface area contributed by atoms with Crippen molar-refractivity contribution in [2.45, 2.75) is 26.3 Å². The van der Waals surface area contributed by atoms with Crippen molar-refractivity contribution >= 4 is 28.5 Å². The Hall–Kier alpha value is -2.34. The van der Waals surface area contributed by atoms with E-state index in [1.54, 1.807) is 6.26 Å². The lowest BCUT2D eigenvalue weighted by molar-refractivity contribution is -0.118. The van der Waals surface area contributed by atoms with Gasteiger partial charge in [-0.25, -0.2) is 4.98 Å². The van der Waals surface area contributed by atoms with Crippen LogP contribution in [0, 0.1) is 0 Å². The molecule has 0 bridgehead atoms. The van der Waals surface area contributed by atoms with Gasteiger partial charge in [0.2, 0.25) is 11.2 Å². The highest BCUT2D eigenvalue weighted by Crippen LogP contribution is 2.21. The highest BCUT2D eigenvalue weighted by atomic mass is 35.5. The fourth-order valence-electron chi connectivity index (χ4n) is 2.52. The van der Waals surface area contributed by atoms with Gasteiger partial charge >= 0.3 is 0 Å². The van der Waals surface area contributed by atoms with Crippen molar-refractivity contribution in [2.75, 3.05) is 6.54 Å². The van der Waals surface area contributed by atoms with E-state index in [-0.39, 0.29) is 11.2 Å². The fraction of sp³-hybridized carbons (Fsp3) is 0.312. The lowest BCUT2D eigenvalue weighted by Crippen LogP contribution is -2.24. The number of aryl methyl sites for hydroxylation is 2. The fourth-order valence-corrected chi connectivity index (χ4v) is 2.70. The average Bonchev–Trinajstić information content (AvgIpc) is 3.14. The van der Waals surface area contributed by atoms with E-state index in [9.17, 15) is 4.79 Å². The molecular formula is C16H17ClN4O2. The summed E-state index contributed by atoms with van der Waals surface area (Å²) in [4.78, 5) is 19.6. The van der Waals surface area contributed by atoms with Gasteiger partial charge in [-0.05, 0) is 36.2 Å². The maximum Gasteiger partial charge on any atom is 0.224 e. The molecule has 0 spiro atoms. The van der Waals surface area contributed by atoms with E-state index in [1.807, 2.05) is 29.0 Å². The van der Waals surface area contributed by atoms with Gasteiger partial charge < -0.3 is 14.3 Å². The van der Waals surface area contributed by atoms with Crippen LogP contribution < -0.4 is 5.32 Å². The average molecular weight is 333 g/mol.